The molecule has 3 nitrogen and oxygen atoms in total. The van der Waals surface area contributed by atoms with Crippen molar-refractivity contribution in [3.63, 3.8) is 0 Å². The first-order valence-electron chi connectivity index (χ1n) is 7.92. The molecule has 1 heterocycles. The lowest BCUT2D eigenvalue weighted by Crippen LogP contribution is -2.27. The van der Waals surface area contributed by atoms with Crippen LogP contribution in [0.1, 0.15) is 49.7 Å². The van der Waals surface area contributed by atoms with Crippen LogP contribution in [0.5, 0.6) is 5.75 Å². The molecular weight excluding hydrogens is 330 g/mol. The maximum atomic E-state index is 6.30. The Kier molecular flexibility index (Phi) is 4.57. The molecule has 3 rings (SSSR count). The van der Waals surface area contributed by atoms with Crippen molar-refractivity contribution in [2.45, 2.75) is 63.7 Å². The van der Waals surface area contributed by atoms with Crippen LogP contribution in [0.3, 0.4) is 0 Å². The lowest BCUT2D eigenvalue weighted by Gasteiger charge is -2.24. The Morgan fingerprint density at radius 3 is 2.81 bits per heavy atom. The third-order valence-electron chi connectivity index (χ3n) is 4.80. The van der Waals surface area contributed by atoms with E-state index in [-0.39, 0.29) is 11.7 Å². The fourth-order valence-electron chi connectivity index (χ4n) is 3.73. The number of rotatable bonds is 4. The quantitative estimate of drug-likeness (QED) is 0.886. The topological polar surface area (TPSA) is 44.5 Å². The number of benzene rings is 1. The van der Waals surface area contributed by atoms with Gasteiger partial charge in [-0.2, -0.15) is 0 Å². The lowest BCUT2D eigenvalue weighted by atomic mass is 9.98. The van der Waals surface area contributed by atoms with Gasteiger partial charge in [-0.05, 0) is 50.3 Å². The molecule has 2 N–H and O–H groups in total. The van der Waals surface area contributed by atoms with E-state index in [1.807, 2.05) is 6.07 Å². The van der Waals surface area contributed by atoms with Crippen molar-refractivity contribution in [1.29, 1.82) is 0 Å². The zero-order chi connectivity index (χ0) is 14.9. The van der Waals surface area contributed by atoms with Gasteiger partial charge in [-0.1, -0.05) is 28.8 Å². The van der Waals surface area contributed by atoms with Gasteiger partial charge in [0.25, 0.3) is 0 Å². The van der Waals surface area contributed by atoms with E-state index in [1.54, 1.807) is 0 Å². The van der Waals surface area contributed by atoms with Crippen molar-refractivity contribution >= 4 is 15.9 Å². The third kappa shape index (κ3) is 3.27. The van der Waals surface area contributed by atoms with Crippen molar-refractivity contribution in [2.24, 2.45) is 5.73 Å². The molecule has 2 aliphatic rings. The van der Waals surface area contributed by atoms with E-state index in [1.165, 1.54) is 32.1 Å². The summed E-state index contributed by atoms with van der Waals surface area (Å²) in [5, 5.41) is 0. The average molecular weight is 354 g/mol. The molecular formula is C17H24BrNO2. The molecule has 2 fully saturated rings. The summed E-state index contributed by atoms with van der Waals surface area (Å²) < 4.78 is 13.4. The van der Waals surface area contributed by atoms with E-state index in [9.17, 15) is 0 Å². The summed E-state index contributed by atoms with van der Waals surface area (Å²) in [7, 11) is 0. The fourth-order valence-corrected chi connectivity index (χ4v) is 4.35. The molecule has 1 aliphatic carbocycles. The Hall–Kier alpha value is -0.580. The third-order valence-corrected chi connectivity index (χ3v) is 5.26. The van der Waals surface area contributed by atoms with Crippen LogP contribution in [-0.4, -0.2) is 18.3 Å². The van der Waals surface area contributed by atoms with Gasteiger partial charge < -0.3 is 15.2 Å². The van der Waals surface area contributed by atoms with E-state index in [4.69, 9.17) is 15.2 Å². The normalized spacial score (nSPS) is 23.9. The largest absolute Gasteiger partial charge is 0.490 e. The summed E-state index contributed by atoms with van der Waals surface area (Å²) in [5.74, 6) is 0.927. The van der Waals surface area contributed by atoms with Gasteiger partial charge in [0.2, 0.25) is 0 Å². The number of halogens is 1. The van der Waals surface area contributed by atoms with Gasteiger partial charge in [0.1, 0.15) is 12.4 Å². The van der Waals surface area contributed by atoms with Crippen molar-refractivity contribution in [1.82, 2.24) is 0 Å². The molecule has 21 heavy (non-hydrogen) atoms. The van der Waals surface area contributed by atoms with Gasteiger partial charge in [0, 0.05) is 16.6 Å². The maximum absolute atomic E-state index is 6.30. The molecule has 116 valence electrons. The molecule has 1 aromatic rings. The molecule has 1 aromatic carbocycles. The van der Waals surface area contributed by atoms with E-state index < -0.39 is 0 Å². The number of nitrogens with two attached hydrogens (primary N) is 1. The van der Waals surface area contributed by atoms with Gasteiger partial charge in [-0.3, -0.25) is 0 Å². The molecule has 0 radical (unpaired) electrons. The summed E-state index contributed by atoms with van der Waals surface area (Å²) in [6.07, 6.45) is 7.64. The van der Waals surface area contributed by atoms with Crippen LogP contribution in [0.25, 0.3) is 0 Å². The molecule has 0 aromatic heterocycles. The van der Waals surface area contributed by atoms with Crippen molar-refractivity contribution < 1.29 is 9.47 Å². The minimum Gasteiger partial charge on any atom is -0.490 e. The Bertz CT molecular complexity index is 512. The highest BCUT2D eigenvalue weighted by Gasteiger charge is 2.42. The zero-order valence-electron chi connectivity index (χ0n) is 12.7. The summed E-state index contributed by atoms with van der Waals surface area (Å²) in [6.45, 7) is 3.19. The van der Waals surface area contributed by atoms with E-state index in [2.05, 4.69) is 28.9 Å². The summed E-state index contributed by atoms with van der Waals surface area (Å²) in [4.78, 5) is 0. The number of aryl methyl sites for hydroxylation is 1. The Morgan fingerprint density at radius 2 is 2.10 bits per heavy atom. The molecule has 1 spiro atoms. The second kappa shape index (κ2) is 6.27. The first-order chi connectivity index (χ1) is 10.1. The van der Waals surface area contributed by atoms with Crippen LogP contribution < -0.4 is 10.5 Å². The van der Waals surface area contributed by atoms with Crippen LogP contribution in [0.4, 0.5) is 0 Å². The highest BCUT2D eigenvalue weighted by atomic mass is 79.9. The summed E-state index contributed by atoms with van der Waals surface area (Å²) in [5.41, 5.74) is 8.19. The van der Waals surface area contributed by atoms with Gasteiger partial charge in [-0.25, -0.2) is 0 Å². The van der Waals surface area contributed by atoms with Gasteiger partial charge in [0.15, 0.2) is 0 Å². The standard InChI is InChI=1S/C17H24BrNO2/c1-12-8-14(18)9-13(10-19)16(12)20-11-15-4-7-17(21-15)5-2-3-6-17/h8-9,15H,2-7,10-11,19H2,1H3. The number of hydrogen-bond acceptors (Lipinski definition) is 3. The van der Waals surface area contributed by atoms with Crippen molar-refractivity contribution in [3.8, 4) is 5.75 Å². The minimum absolute atomic E-state index is 0.180. The van der Waals surface area contributed by atoms with E-state index >= 15 is 0 Å². The molecule has 4 heteroatoms. The highest BCUT2D eigenvalue weighted by Crippen LogP contribution is 2.43. The van der Waals surface area contributed by atoms with E-state index in [0.717, 1.165) is 27.8 Å². The molecule has 0 amide bonds. The van der Waals surface area contributed by atoms with Gasteiger partial charge in [-0.15, -0.1) is 0 Å². The Balaban J connectivity index is 1.63. The summed E-state index contributed by atoms with van der Waals surface area (Å²) >= 11 is 3.51. The predicted molar refractivity (Wildman–Crippen MR) is 87.6 cm³/mol. The van der Waals surface area contributed by atoms with Crippen LogP contribution in [0.15, 0.2) is 16.6 Å². The molecule has 1 saturated heterocycles. The first kappa shape index (κ1) is 15.3. The fraction of sp³-hybridized carbons (Fsp3) is 0.647. The maximum Gasteiger partial charge on any atom is 0.126 e. The number of hydrogen-bond donors (Lipinski definition) is 1. The smallest absolute Gasteiger partial charge is 0.126 e. The van der Waals surface area contributed by atoms with Crippen LogP contribution >= 0.6 is 15.9 Å². The minimum atomic E-state index is 0.180. The molecule has 1 atom stereocenters. The van der Waals surface area contributed by atoms with Crippen LogP contribution in [-0.2, 0) is 11.3 Å². The first-order valence-corrected chi connectivity index (χ1v) is 8.71. The Morgan fingerprint density at radius 1 is 1.33 bits per heavy atom. The molecule has 1 saturated carbocycles. The lowest BCUT2D eigenvalue weighted by molar-refractivity contribution is -0.0510. The zero-order valence-corrected chi connectivity index (χ0v) is 14.2. The SMILES string of the molecule is Cc1cc(Br)cc(CN)c1OCC1CCC2(CCCC2)O1. The van der Waals surface area contributed by atoms with E-state index in [0.29, 0.717) is 13.2 Å². The van der Waals surface area contributed by atoms with Crippen molar-refractivity contribution in [2.75, 3.05) is 6.61 Å². The van der Waals surface area contributed by atoms with Gasteiger partial charge in [0.05, 0.1) is 11.7 Å². The molecule has 1 unspecified atom stereocenters. The average Bonchev–Trinajstić information content (AvgIpc) is 3.08. The number of ether oxygens (including phenoxy) is 2. The predicted octanol–water partition coefficient (Wildman–Crippen LogP) is 4.09. The molecule has 1 aliphatic heterocycles. The summed E-state index contributed by atoms with van der Waals surface area (Å²) in [6, 6.07) is 4.11. The van der Waals surface area contributed by atoms with Gasteiger partial charge >= 0.3 is 0 Å². The molecule has 0 bridgehead atoms. The van der Waals surface area contributed by atoms with Crippen LogP contribution in [0.2, 0.25) is 0 Å². The Labute approximate surface area is 135 Å². The van der Waals surface area contributed by atoms with Crippen LogP contribution in [0, 0.1) is 6.92 Å². The van der Waals surface area contributed by atoms with Crippen molar-refractivity contribution in [3.05, 3.63) is 27.7 Å². The second-order valence-electron chi connectivity index (χ2n) is 6.39. The highest BCUT2D eigenvalue weighted by molar-refractivity contribution is 9.10. The monoisotopic (exact) mass is 353 g/mol. The second-order valence-corrected chi connectivity index (χ2v) is 7.31.